The zero-order chi connectivity index (χ0) is 32.1. The number of nitrogens with one attached hydrogen (secondary N) is 2. The van der Waals surface area contributed by atoms with Gasteiger partial charge in [-0.25, -0.2) is 0 Å². The molecule has 7 nitrogen and oxygen atoms in total. The summed E-state index contributed by atoms with van der Waals surface area (Å²) in [5.41, 5.74) is 4.07. The first-order valence-electron chi connectivity index (χ1n) is 17.8. The standard InChI is InChI=1S/C40H49N5O2/c46-38-37(27-33-28-41-36-19-11-10-18-35(33)36)42-39(47)40(45(38)34-20-24-44(30-34)29-32-16-8-4-9-17-32)21-25-43(26-22-40)23-12-2-1-5-13-31-14-6-3-7-15-31/h3-4,6-11,14-19,28,34,37,41H,1-2,5,12-13,20-27,29-30H2,(H,42,47). The Labute approximate surface area is 279 Å². The number of aromatic nitrogens is 1. The molecule has 3 aliphatic rings. The Morgan fingerprint density at radius 1 is 0.745 bits per heavy atom. The molecule has 3 aromatic carbocycles. The molecule has 4 heterocycles. The molecule has 0 radical (unpaired) electrons. The maximum Gasteiger partial charge on any atom is 0.246 e. The number of para-hydroxylation sites is 1. The number of aryl methyl sites for hydroxylation is 1. The molecule has 2 atom stereocenters. The summed E-state index contributed by atoms with van der Waals surface area (Å²) in [5.74, 6) is 0.136. The van der Waals surface area contributed by atoms with Crippen LogP contribution >= 0.6 is 0 Å². The summed E-state index contributed by atoms with van der Waals surface area (Å²) in [7, 11) is 0. The molecule has 7 rings (SSSR count). The zero-order valence-electron chi connectivity index (χ0n) is 27.6. The average molecular weight is 632 g/mol. The number of nitrogens with zero attached hydrogens (tertiary/aromatic N) is 3. The Bertz CT molecular complexity index is 1630. The van der Waals surface area contributed by atoms with Gasteiger partial charge in [-0.15, -0.1) is 0 Å². The number of fused-ring (bicyclic) bond motifs is 1. The normalized spacial score (nSPS) is 21.9. The lowest BCUT2D eigenvalue weighted by atomic mass is 9.79. The van der Waals surface area contributed by atoms with E-state index < -0.39 is 11.6 Å². The van der Waals surface area contributed by atoms with Gasteiger partial charge in [0.15, 0.2) is 0 Å². The number of carbonyl (C=O) groups is 2. The summed E-state index contributed by atoms with van der Waals surface area (Å²) >= 11 is 0. The molecule has 3 fully saturated rings. The fourth-order valence-corrected chi connectivity index (χ4v) is 8.32. The van der Waals surface area contributed by atoms with Gasteiger partial charge in [-0.05, 0) is 67.8 Å². The SMILES string of the molecule is O=C1C(Cc2c[nH]c3ccccc23)NC(=O)C2(CCN(CCCCCCc3ccccc3)CC2)N1C1CCN(Cc2ccccc2)C1. The van der Waals surface area contributed by atoms with Gasteiger partial charge >= 0.3 is 0 Å². The Morgan fingerprint density at radius 2 is 1.45 bits per heavy atom. The van der Waals surface area contributed by atoms with Gasteiger partial charge in [0.2, 0.25) is 11.8 Å². The van der Waals surface area contributed by atoms with Crippen LogP contribution in [0.25, 0.3) is 10.9 Å². The van der Waals surface area contributed by atoms with Crippen LogP contribution in [0.2, 0.25) is 0 Å². The predicted octanol–water partition coefficient (Wildman–Crippen LogP) is 5.95. The first kappa shape index (κ1) is 31.6. The van der Waals surface area contributed by atoms with E-state index in [0.717, 1.165) is 68.6 Å². The summed E-state index contributed by atoms with van der Waals surface area (Å²) in [6, 6.07) is 29.0. The number of hydrogen-bond donors (Lipinski definition) is 2. The second-order valence-electron chi connectivity index (χ2n) is 14.0. The van der Waals surface area contributed by atoms with Gasteiger partial charge in [0.1, 0.15) is 11.6 Å². The van der Waals surface area contributed by atoms with Crippen molar-refractivity contribution >= 4 is 22.7 Å². The number of piperidine rings is 1. The molecule has 47 heavy (non-hydrogen) atoms. The Kier molecular flexibility index (Phi) is 9.73. The molecule has 1 aromatic heterocycles. The third kappa shape index (κ3) is 7.02. The molecule has 2 unspecified atom stereocenters. The lowest BCUT2D eigenvalue weighted by Gasteiger charge is -2.53. The van der Waals surface area contributed by atoms with Crippen molar-refractivity contribution in [3.63, 3.8) is 0 Å². The van der Waals surface area contributed by atoms with Gasteiger partial charge in [-0.1, -0.05) is 91.7 Å². The third-order valence-electron chi connectivity index (χ3n) is 10.9. The lowest BCUT2D eigenvalue weighted by molar-refractivity contribution is -0.164. The number of amides is 2. The molecule has 2 N–H and O–H groups in total. The van der Waals surface area contributed by atoms with E-state index in [-0.39, 0.29) is 17.9 Å². The molecular formula is C40H49N5O2. The van der Waals surface area contributed by atoms with E-state index in [1.807, 2.05) is 18.3 Å². The van der Waals surface area contributed by atoms with Crippen molar-refractivity contribution < 1.29 is 9.59 Å². The maximum atomic E-state index is 14.6. The van der Waals surface area contributed by atoms with Crippen molar-refractivity contribution in [2.45, 2.75) is 82.0 Å². The summed E-state index contributed by atoms with van der Waals surface area (Å²) in [5, 5.41) is 4.37. The molecular weight excluding hydrogens is 582 g/mol. The fraction of sp³-hybridized carbons (Fsp3) is 0.450. The van der Waals surface area contributed by atoms with Gasteiger partial charge in [-0.2, -0.15) is 0 Å². The van der Waals surface area contributed by atoms with Crippen LogP contribution < -0.4 is 5.32 Å². The molecule has 0 aliphatic carbocycles. The number of rotatable bonds is 12. The van der Waals surface area contributed by atoms with E-state index >= 15 is 0 Å². The van der Waals surface area contributed by atoms with Crippen LogP contribution in [0, 0.1) is 0 Å². The fourth-order valence-electron chi connectivity index (χ4n) is 8.32. The van der Waals surface area contributed by atoms with Gasteiger partial charge in [0.05, 0.1) is 0 Å². The van der Waals surface area contributed by atoms with Gasteiger partial charge < -0.3 is 20.1 Å². The second-order valence-corrected chi connectivity index (χ2v) is 14.0. The highest BCUT2D eigenvalue weighted by molar-refractivity contribution is 6.00. The lowest BCUT2D eigenvalue weighted by Crippen LogP contribution is -2.75. The molecule has 2 amide bonds. The molecule has 0 saturated carbocycles. The van der Waals surface area contributed by atoms with Crippen LogP contribution in [0.15, 0.2) is 91.1 Å². The monoisotopic (exact) mass is 631 g/mol. The minimum atomic E-state index is -0.770. The van der Waals surface area contributed by atoms with Crippen molar-refractivity contribution in [3.8, 4) is 0 Å². The number of hydrogen-bond acceptors (Lipinski definition) is 4. The van der Waals surface area contributed by atoms with Gasteiger partial charge in [0.25, 0.3) is 0 Å². The van der Waals surface area contributed by atoms with Crippen molar-refractivity contribution in [2.24, 2.45) is 0 Å². The first-order valence-corrected chi connectivity index (χ1v) is 17.8. The van der Waals surface area contributed by atoms with Crippen molar-refractivity contribution in [1.29, 1.82) is 0 Å². The minimum Gasteiger partial charge on any atom is -0.361 e. The largest absolute Gasteiger partial charge is 0.361 e. The molecule has 3 aliphatic heterocycles. The van der Waals surface area contributed by atoms with Crippen LogP contribution in [0.4, 0.5) is 0 Å². The van der Waals surface area contributed by atoms with Crippen LogP contribution in [0.5, 0.6) is 0 Å². The van der Waals surface area contributed by atoms with Crippen LogP contribution in [-0.4, -0.2) is 81.8 Å². The first-order chi connectivity index (χ1) is 23.1. The Balaban J connectivity index is 1.01. The van der Waals surface area contributed by atoms with E-state index in [1.54, 1.807) is 0 Å². The number of piperazine rings is 1. The van der Waals surface area contributed by atoms with E-state index in [0.29, 0.717) is 19.3 Å². The van der Waals surface area contributed by atoms with Crippen molar-refractivity contribution in [2.75, 3.05) is 32.7 Å². The molecule has 3 saturated heterocycles. The highest BCUT2D eigenvalue weighted by Crippen LogP contribution is 2.38. The van der Waals surface area contributed by atoms with E-state index in [1.165, 1.54) is 36.8 Å². The number of aromatic amines is 1. The molecule has 1 spiro atoms. The second kappa shape index (κ2) is 14.4. The smallest absolute Gasteiger partial charge is 0.246 e. The van der Waals surface area contributed by atoms with Gasteiger partial charge in [-0.3, -0.25) is 14.5 Å². The molecule has 4 aromatic rings. The summed E-state index contributed by atoms with van der Waals surface area (Å²) < 4.78 is 0. The summed E-state index contributed by atoms with van der Waals surface area (Å²) in [4.78, 5) is 39.3. The van der Waals surface area contributed by atoms with Crippen LogP contribution in [0.1, 0.15) is 61.6 Å². The summed E-state index contributed by atoms with van der Waals surface area (Å²) in [6.07, 6.45) is 10.8. The zero-order valence-corrected chi connectivity index (χ0v) is 27.6. The minimum absolute atomic E-state index is 0.0406. The number of carbonyl (C=O) groups excluding carboxylic acids is 2. The quantitative estimate of drug-likeness (QED) is 0.190. The number of H-pyrrole nitrogens is 1. The predicted molar refractivity (Wildman–Crippen MR) is 188 cm³/mol. The van der Waals surface area contributed by atoms with Crippen molar-refractivity contribution in [3.05, 3.63) is 108 Å². The Morgan fingerprint density at radius 3 is 2.23 bits per heavy atom. The van der Waals surface area contributed by atoms with Crippen LogP contribution in [0.3, 0.4) is 0 Å². The van der Waals surface area contributed by atoms with Crippen LogP contribution in [-0.2, 0) is 29.0 Å². The Hall–Kier alpha value is -3.94. The number of unbranched alkanes of at least 4 members (excludes halogenated alkanes) is 3. The summed E-state index contributed by atoms with van der Waals surface area (Å²) in [6.45, 7) is 5.39. The van der Waals surface area contributed by atoms with E-state index in [4.69, 9.17) is 0 Å². The molecule has 0 bridgehead atoms. The van der Waals surface area contributed by atoms with Gasteiger partial charge in [0, 0.05) is 62.3 Å². The van der Waals surface area contributed by atoms with Crippen molar-refractivity contribution in [1.82, 2.24) is 25.0 Å². The highest BCUT2D eigenvalue weighted by atomic mass is 16.2. The number of likely N-dealkylation sites (tertiary alicyclic amines) is 2. The third-order valence-corrected chi connectivity index (χ3v) is 10.9. The van der Waals surface area contributed by atoms with E-state index in [9.17, 15) is 9.59 Å². The highest BCUT2D eigenvalue weighted by Gasteiger charge is 2.56. The molecule has 246 valence electrons. The van der Waals surface area contributed by atoms with E-state index in [2.05, 4.69) is 97.8 Å². The number of benzene rings is 3. The topological polar surface area (TPSA) is 71.7 Å². The maximum absolute atomic E-state index is 14.6. The average Bonchev–Trinajstić information content (AvgIpc) is 3.74. The molecule has 7 heteroatoms.